The van der Waals surface area contributed by atoms with Crippen LogP contribution in [0.2, 0.25) is 0 Å². The summed E-state index contributed by atoms with van der Waals surface area (Å²) in [6.07, 6.45) is 1.31. The maximum atomic E-state index is 12.9. The lowest BCUT2D eigenvalue weighted by Crippen LogP contribution is -2.33. The summed E-state index contributed by atoms with van der Waals surface area (Å²) in [6.45, 7) is 1.82. The van der Waals surface area contributed by atoms with Gasteiger partial charge >= 0.3 is 0 Å². The van der Waals surface area contributed by atoms with Crippen molar-refractivity contribution in [3.63, 3.8) is 0 Å². The lowest BCUT2D eigenvalue weighted by Gasteiger charge is -2.24. The van der Waals surface area contributed by atoms with Gasteiger partial charge < -0.3 is 10.4 Å². The molecular weight excluding hydrogens is 267 g/mol. The third-order valence-corrected chi connectivity index (χ3v) is 3.36. The van der Waals surface area contributed by atoms with E-state index in [0.29, 0.717) is 18.5 Å². The Kier molecular flexibility index (Phi) is 4.44. The van der Waals surface area contributed by atoms with Crippen LogP contribution in [0.3, 0.4) is 0 Å². The van der Waals surface area contributed by atoms with E-state index in [1.807, 2.05) is 19.1 Å². The summed E-state index contributed by atoms with van der Waals surface area (Å²) in [5.74, 6) is -0.0745. The summed E-state index contributed by atoms with van der Waals surface area (Å²) in [5, 5.41) is 21.8. The Morgan fingerprint density at radius 2 is 1.76 bits per heavy atom. The average Bonchev–Trinajstić information content (AvgIpc) is 2.49. The zero-order valence-electron chi connectivity index (χ0n) is 11.8. The molecule has 0 amide bonds. The van der Waals surface area contributed by atoms with Crippen molar-refractivity contribution in [2.75, 3.05) is 5.32 Å². The summed E-state index contributed by atoms with van der Waals surface area (Å²) < 4.78 is 12.9. The number of phenols is 1. The second-order valence-electron chi connectivity index (χ2n) is 5.24. The van der Waals surface area contributed by atoms with E-state index in [1.165, 1.54) is 12.1 Å². The van der Waals surface area contributed by atoms with Crippen molar-refractivity contribution in [1.82, 2.24) is 0 Å². The Balaban J connectivity index is 2.02. The van der Waals surface area contributed by atoms with E-state index in [-0.39, 0.29) is 11.6 Å². The quantitative estimate of drug-likeness (QED) is 0.876. The minimum atomic E-state index is -0.740. The van der Waals surface area contributed by atoms with Gasteiger partial charge in [0.1, 0.15) is 17.1 Å². The van der Waals surface area contributed by atoms with Crippen LogP contribution in [0.25, 0.3) is 0 Å². The predicted molar refractivity (Wildman–Crippen MR) is 80.5 cm³/mol. The smallest absolute Gasteiger partial charge is 0.123 e. The zero-order valence-corrected chi connectivity index (χ0v) is 11.8. The lowest BCUT2D eigenvalue weighted by molar-refractivity contribution is 0.475. The van der Waals surface area contributed by atoms with Gasteiger partial charge in [-0.05, 0) is 61.7 Å². The number of anilines is 1. The number of nitrogens with zero attached hydrogens (tertiary/aromatic N) is 1. The topological polar surface area (TPSA) is 56.0 Å². The summed E-state index contributed by atoms with van der Waals surface area (Å²) >= 11 is 0. The maximum absolute atomic E-state index is 12.9. The highest BCUT2D eigenvalue weighted by molar-refractivity contribution is 5.47. The van der Waals surface area contributed by atoms with Crippen LogP contribution < -0.4 is 5.32 Å². The molecule has 3 nitrogen and oxygen atoms in total. The standard InChI is InChI=1S/C17H17FN2O/c1-17(12-19,20-15-6-4-14(18)5-7-15)11-10-13-2-8-16(21)9-3-13/h2-9,20-21H,10-11H2,1H3. The summed E-state index contributed by atoms with van der Waals surface area (Å²) in [7, 11) is 0. The van der Waals surface area contributed by atoms with Gasteiger partial charge in [-0.1, -0.05) is 12.1 Å². The number of hydrogen-bond donors (Lipinski definition) is 2. The monoisotopic (exact) mass is 284 g/mol. The van der Waals surface area contributed by atoms with Gasteiger partial charge in [-0.3, -0.25) is 0 Å². The molecule has 0 saturated carbocycles. The van der Waals surface area contributed by atoms with Crippen molar-refractivity contribution >= 4 is 5.69 Å². The molecule has 2 aromatic rings. The van der Waals surface area contributed by atoms with Gasteiger partial charge in [0.2, 0.25) is 0 Å². The first-order valence-corrected chi connectivity index (χ1v) is 6.74. The van der Waals surface area contributed by atoms with Crippen LogP contribution >= 0.6 is 0 Å². The maximum Gasteiger partial charge on any atom is 0.123 e. The first-order valence-electron chi connectivity index (χ1n) is 6.74. The van der Waals surface area contributed by atoms with Crippen molar-refractivity contribution in [3.8, 4) is 11.8 Å². The van der Waals surface area contributed by atoms with Gasteiger partial charge in [-0.2, -0.15) is 5.26 Å². The number of hydrogen-bond acceptors (Lipinski definition) is 3. The number of aryl methyl sites for hydroxylation is 1. The van der Waals surface area contributed by atoms with E-state index in [2.05, 4.69) is 11.4 Å². The minimum absolute atomic E-state index is 0.228. The van der Waals surface area contributed by atoms with E-state index in [0.717, 1.165) is 5.56 Å². The molecule has 0 aliphatic carbocycles. The second-order valence-corrected chi connectivity index (χ2v) is 5.24. The van der Waals surface area contributed by atoms with Gasteiger partial charge in [-0.25, -0.2) is 4.39 Å². The number of benzene rings is 2. The van der Waals surface area contributed by atoms with Gasteiger partial charge in [-0.15, -0.1) is 0 Å². The van der Waals surface area contributed by atoms with Crippen LogP contribution in [-0.2, 0) is 6.42 Å². The van der Waals surface area contributed by atoms with Gasteiger partial charge in [0.15, 0.2) is 0 Å². The van der Waals surface area contributed by atoms with Crippen molar-refractivity contribution in [2.45, 2.75) is 25.3 Å². The molecule has 0 aromatic heterocycles. The molecule has 2 N–H and O–H groups in total. The fourth-order valence-corrected chi connectivity index (χ4v) is 2.06. The van der Waals surface area contributed by atoms with Crippen molar-refractivity contribution < 1.29 is 9.50 Å². The van der Waals surface area contributed by atoms with E-state index < -0.39 is 5.54 Å². The molecule has 0 bridgehead atoms. The summed E-state index contributed by atoms with van der Waals surface area (Å²) in [4.78, 5) is 0. The molecule has 0 aliphatic rings. The van der Waals surface area contributed by atoms with Crippen LogP contribution in [0.15, 0.2) is 48.5 Å². The molecule has 1 unspecified atom stereocenters. The average molecular weight is 284 g/mol. The van der Waals surface area contributed by atoms with Gasteiger partial charge in [0, 0.05) is 5.69 Å². The fourth-order valence-electron chi connectivity index (χ4n) is 2.06. The highest BCUT2D eigenvalue weighted by Gasteiger charge is 2.23. The van der Waals surface area contributed by atoms with Crippen LogP contribution in [-0.4, -0.2) is 10.6 Å². The molecule has 0 saturated heterocycles. The van der Waals surface area contributed by atoms with E-state index in [4.69, 9.17) is 0 Å². The number of aromatic hydroxyl groups is 1. The van der Waals surface area contributed by atoms with Crippen molar-refractivity contribution in [3.05, 3.63) is 59.9 Å². The minimum Gasteiger partial charge on any atom is -0.508 e. The Hall–Kier alpha value is -2.54. The third-order valence-electron chi connectivity index (χ3n) is 3.36. The molecule has 0 aliphatic heterocycles. The number of nitriles is 1. The summed E-state index contributed by atoms with van der Waals surface area (Å²) in [6, 6.07) is 15.2. The highest BCUT2D eigenvalue weighted by atomic mass is 19.1. The number of rotatable bonds is 5. The molecule has 108 valence electrons. The van der Waals surface area contributed by atoms with Crippen LogP contribution in [0.5, 0.6) is 5.75 Å². The van der Waals surface area contributed by atoms with Crippen LogP contribution in [0, 0.1) is 17.1 Å². The van der Waals surface area contributed by atoms with Crippen molar-refractivity contribution in [1.29, 1.82) is 5.26 Å². The van der Waals surface area contributed by atoms with Crippen molar-refractivity contribution in [2.24, 2.45) is 0 Å². The molecule has 2 rings (SSSR count). The van der Waals surface area contributed by atoms with E-state index >= 15 is 0 Å². The second kappa shape index (κ2) is 6.27. The Morgan fingerprint density at radius 3 is 2.33 bits per heavy atom. The Labute approximate surface area is 123 Å². The molecule has 2 aromatic carbocycles. The first-order chi connectivity index (χ1) is 10.0. The molecule has 4 heteroatoms. The molecular formula is C17H17FN2O. The number of nitrogens with one attached hydrogen (secondary N) is 1. The Bertz CT molecular complexity index is 631. The van der Waals surface area contributed by atoms with E-state index in [9.17, 15) is 14.8 Å². The van der Waals surface area contributed by atoms with Gasteiger partial charge in [0.05, 0.1) is 6.07 Å². The van der Waals surface area contributed by atoms with Crippen LogP contribution in [0.1, 0.15) is 18.9 Å². The number of phenolic OH excluding ortho intramolecular Hbond substituents is 1. The molecule has 0 fully saturated rings. The highest BCUT2D eigenvalue weighted by Crippen LogP contribution is 2.21. The Morgan fingerprint density at radius 1 is 1.14 bits per heavy atom. The molecule has 0 spiro atoms. The fraction of sp³-hybridized carbons (Fsp3) is 0.235. The number of halogens is 1. The van der Waals surface area contributed by atoms with Gasteiger partial charge in [0.25, 0.3) is 0 Å². The normalized spacial score (nSPS) is 13.2. The largest absolute Gasteiger partial charge is 0.508 e. The predicted octanol–water partition coefficient (Wildman–Crippen LogP) is 3.86. The SMILES string of the molecule is CC(C#N)(CCc1ccc(O)cc1)Nc1ccc(F)cc1. The first kappa shape index (κ1) is 14.9. The van der Waals surface area contributed by atoms with Crippen LogP contribution in [0.4, 0.5) is 10.1 Å². The third kappa shape index (κ3) is 4.22. The molecule has 1 atom stereocenters. The van der Waals surface area contributed by atoms with E-state index in [1.54, 1.807) is 24.3 Å². The lowest BCUT2D eigenvalue weighted by atomic mass is 9.94. The zero-order chi connectivity index (χ0) is 15.3. The summed E-state index contributed by atoms with van der Waals surface area (Å²) in [5.41, 5.74) is 1.02. The molecule has 21 heavy (non-hydrogen) atoms. The molecule has 0 radical (unpaired) electrons. The molecule has 0 heterocycles.